The topological polar surface area (TPSA) is 74.1 Å². The minimum absolute atomic E-state index is 0.120. The molecule has 0 bridgehead atoms. The van der Waals surface area contributed by atoms with Crippen LogP contribution in [0.1, 0.15) is 18.4 Å². The maximum Gasteiger partial charge on any atom is 0.442 e. The van der Waals surface area contributed by atoms with Crippen LogP contribution in [0.2, 0.25) is 0 Å². The molecule has 1 aromatic heterocycles. The second kappa shape index (κ2) is 4.32. The summed E-state index contributed by atoms with van der Waals surface area (Å²) < 4.78 is 6.06. The van der Waals surface area contributed by atoms with E-state index < -0.39 is 5.76 Å². The monoisotopic (exact) mass is 219 g/mol. The molecule has 0 aliphatic carbocycles. The molecule has 0 saturated carbocycles. The van der Waals surface area contributed by atoms with Gasteiger partial charge in [-0.25, -0.2) is 4.79 Å². The van der Waals surface area contributed by atoms with Gasteiger partial charge in [0.2, 0.25) is 5.89 Å². The van der Waals surface area contributed by atoms with Crippen LogP contribution in [0, 0.1) is 0 Å². The first kappa shape index (κ1) is 10.6. The molecule has 0 spiro atoms. The molecule has 16 heavy (non-hydrogen) atoms. The quantitative estimate of drug-likeness (QED) is 0.830. The van der Waals surface area contributed by atoms with Crippen molar-refractivity contribution in [2.45, 2.75) is 19.9 Å². The van der Waals surface area contributed by atoms with Crippen molar-refractivity contribution in [2.24, 2.45) is 5.73 Å². The molecule has 1 aromatic carbocycles. The summed E-state index contributed by atoms with van der Waals surface area (Å²) in [4.78, 5) is 11.4. The molecule has 84 valence electrons. The zero-order valence-corrected chi connectivity index (χ0v) is 9.01. The summed E-state index contributed by atoms with van der Waals surface area (Å²) in [6.07, 6.45) is 0.960. The maximum atomic E-state index is 11.4. The molecule has 0 amide bonds. The minimum Gasteiger partial charge on any atom is -0.391 e. The van der Waals surface area contributed by atoms with Gasteiger partial charge >= 0.3 is 5.76 Å². The molecule has 0 saturated heterocycles. The van der Waals surface area contributed by atoms with E-state index in [9.17, 15) is 4.79 Å². The van der Waals surface area contributed by atoms with E-state index in [0.29, 0.717) is 5.69 Å². The lowest BCUT2D eigenvalue weighted by atomic mass is 10.1. The lowest BCUT2D eigenvalue weighted by molar-refractivity contribution is 0.460. The number of hydrogen-bond donors (Lipinski definition) is 1. The summed E-state index contributed by atoms with van der Waals surface area (Å²) >= 11 is 0. The fraction of sp³-hybridized carbons (Fsp3) is 0.273. The van der Waals surface area contributed by atoms with Crippen LogP contribution >= 0.6 is 0 Å². The number of hydrogen-bond acceptors (Lipinski definition) is 4. The smallest absolute Gasteiger partial charge is 0.391 e. The predicted octanol–water partition coefficient (Wildman–Crippen LogP) is 0.847. The predicted molar refractivity (Wildman–Crippen MR) is 59.4 cm³/mol. The van der Waals surface area contributed by atoms with Crippen LogP contribution in [0.5, 0.6) is 0 Å². The van der Waals surface area contributed by atoms with Crippen molar-refractivity contribution in [3.63, 3.8) is 0 Å². The van der Waals surface area contributed by atoms with E-state index in [4.69, 9.17) is 10.2 Å². The number of nitrogens with zero attached hydrogens (tertiary/aromatic N) is 2. The molecular formula is C11H13N3O2. The average Bonchev–Trinajstić information content (AvgIpc) is 2.71. The summed E-state index contributed by atoms with van der Waals surface area (Å²) in [5.74, 6) is -0.269. The summed E-state index contributed by atoms with van der Waals surface area (Å²) in [6, 6.07) is 7.59. The van der Waals surface area contributed by atoms with E-state index in [-0.39, 0.29) is 12.4 Å². The highest BCUT2D eigenvalue weighted by Gasteiger charge is 2.07. The van der Waals surface area contributed by atoms with Gasteiger partial charge in [0.15, 0.2) is 0 Å². The molecular weight excluding hydrogens is 206 g/mol. The van der Waals surface area contributed by atoms with Gasteiger partial charge in [-0.15, -0.1) is 5.10 Å². The fourth-order valence-electron chi connectivity index (χ4n) is 1.44. The molecule has 2 rings (SSSR count). The van der Waals surface area contributed by atoms with Gasteiger partial charge in [0.1, 0.15) is 0 Å². The second-order valence-electron chi connectivity index (χ2n) is 3.40. The van der Waals surface area contributed by atoms with E-state index in [2.05, 4.69) is 12.0 Å². The zero-order valence-electron chi connectivity index (χ0n) is 9.01. The van der Waals surface area contributed by atoms with Gasteiger partial charge in [-0.3, -0.25) is 0 Å². The lowest BCUT2D eigenvalue weighted by Crippen LogP contribution is -2.13. The fourth-order valence-corrected chi connectivity index (χ4v) is 1.44. The van der Waals surface area contributed by atoms with Crippen molar-refractivity contribution in [1.82, 2.24) is 9.78 Å². The zero-order chi connectivity index (χ0) is 11.5. The van der Waals surface area contributed by atoms with Gasteiger partial charge in [0.25, 0.3) is 0 Å². The third kappa shape index (κ3) is 1.90. The Bertz CT molecular complexity index is 525. The molecule has 1 heterocycles. The molecule has 0 fully saturated rings. The van der Waals surface area contributed by atoms with E-state index >= 15 is 0 Å². The first-order valence-corrected chi connectivity index (χ1v) is 5.13. The Hall–Kier alpha value is -1.88. The number of aromatic nitrogens is 2. The van der Waals surface area contributed by atoms with Crippen molar-refractivity contribution >= 4 is 0 Å². The summed E-state index contributed by atoms with van der Waals surface area (Å²) in [6.45, 7) is 2.19. The van der Waals surface area contributed by atoms with Gasteiger partial charge in [-0.2, -0.15) is 4.68 Å². The van der Waals surface area contributed by atoms with E-state index in [1.54, 1.807) is 0 Å². The van der Waals surface area contributed by atoms with Gasteiger partial charge in [-0.1, -0.05) is 19.1 Å². The molecule has 0 unspecified atom stereocenters. The summed E-state index contributed by atoms with van der Waals surface area (Å²) in [5.41, 5.74) is 7.24. The lowest BCUT2D eigenvalue weighted by Gasteiger charge is -1.99. The van der Waals surface area contributed by atoms with Crippen LogP contribution in [-0.4, -0.2) is 9.78 Å². The first-order chi connectivity index (χ1) is 7.74. The van der Waals surface area contributed by atoms with Crippen molar-refractivity contribution < 1.29 is 4.42 Å². The molecule has 5 heteroatoms. The molecule has 2 N–H and O–H groups in total. The van der Waals surface area contributed by atoms with Crippen molar-refractivity contribution in [2.75, 3.05) is 0 Å². The van der Waals surface area contributed by atoms with Crippen LogP contribution < -0.4 is 11.5 Å². The summed E-state index contributed by atoms with van der Waals surface area (Å²) in [7, 11) is 0. The van der Waals surface area contributed by atoms with Gasteiger partial charge in [-0.05, 0) is 24.1 Å². The third-order valence-electron chi connectivity index (χ3n) is 2.35. The standard InChI is InChI=1S/C11H13N3O2/c1-2-8-3-5-9(6-4-8)14-11(15)16-10(7-12)13-14/h3-6H,2,7,12H2,1H3. The maximum absolute atomic E-state index is 11.4. The van der Waals surface area contributed by atoms with Crippen LogP contribution in [0.15, 0.2) is 33.5 Å². The van der Waals surface area contributed by atoms with Crippen molar-refractivity contribution in [3.8, 4) is 5.69 Å². The number of rotatable bonds is 3. The Balaban J connectivity index is 2.42. The van der Waals surface area contributed by atoms with Crippen molar-refractivity contribution in [1.29, 1.82) is 0 Å². The van der Waals surface area contributed by atoms with Crippen LogP contribution in [0.4, 0.5) is 0 Å². The van der Waals surface area contributed by atoms with E-state index in [1.165, 1.54) is 10.2 Å². The van der Waals surface area contributed by atoms with Crippen LogP contribution in [0.25, 0.3) is 5.69 Å². The number of aryl methyl sites for hydroxylation is 1. The normalized spacial score (nSPS) is 10.6. The average molecular weight is 219 g/mol. The van der Waals surface area contributed by atoms with Crippen molar-refractivity contribution in [3.05, 3.63) is 46.3 Å². The third-order valence-corrected chi connectivity index (χ3v) is 2.35. The Kier molecular flexibility index (Phi) is 2.87. The largest absolute Gasteiger partial charge is 0.442 e. The Morgan fingerprint density at radius 2 is 2.06 bits per heavy atom. The SMILES string of the molecule is CCc1ccc(-n2nc(CN)oc2=O)cc1. The highest BCUT2D eigenvalue weighted by atomic mass is 16.4. The molecule has 0 aliphatic rings. The molecule has 0 aliphatic heterocycles. The van der Waals surface area contributed by atoms with Gasteiger partial charge in [0.05, 0.1) is 12.2 Å². The minimum atomic E-state index is -0.510. The molecule has 0 atom stereocenters. The first-order valence-electron chi connectivity index (χ1n) is 5.13. The van der Waals surface area contributed by atoms with E-state index in [0.717, 1.165) is 6.42 Å². The molecule has 0 radical (unpaired) electrons. The Morgan fingerprint density at radius 1 is 1.38 bits per heavy atom. The number of benzene rings is 1. The van der Waals surface area contributed by atoms with Crippen LogP contribution in [0.3, 0.4) is 0 Å². The van der Waals surface area contributed by atoms with E-state index in [1.807, 2.05) is 24.3 Å². The van der Waals surface area contributed by atoms with Gasteiger partial charge < -0.3 is 10.2 Å². The van der Waals surface area contributed by atoms with Gasteiger partial charge in [0, 0.05) is 0 Å². The Labute approximate surface area is 92.5 Å². The Morgan fingerprint density at radius 3 is 2.56 bits per heavy atom. The molecule has 5 nitrogen and oxygen atoms in total. The second-order valence-corrected chi connectivity index (χ2v) is 3.40. The summed E-state index contributed by atoms with van der Waals surface area (Å²) in [5, 5.41) is 3.97. The molecule has 2 aromatic rings. The number of nitrogens with two attached hydrogens (primary N) is 1. The van der Waals surface area contributed by atoms with Crippen LogP contribution in [-0.2, 0) is 13.0 Å². The highest BCUT2D eigenvalue weighted by molar-refractivity contribution is 5.33. The highest BCUT2D eigenvalue weighted by Crippen LogP contribution is 2.07.